The molecule has 2 fully saturated rings. The fourth-order valence-corrected chi connectivity index (χ4v) is 5.52. The molecule has 0 bridgehead atoms. The summed E-state index contributed by atoms with van der Waals surface area (Å²) in [6, 6.07) is 24.1. The SMILES string of the molecule is O=S(O)C(Cc1ccc(N2CCC2)cc1)=C1CN(C(c2ccc(Cl)cc2)c2ccc(Cl)cc2)C1. The molecule has 2 aliphatic heterocycles. The molecule has 1 N–H and O–H groups in total. The van der Waals surface area contributed by atoms with Crippen LogP contribution in [0.25, 0.3) is 0 Å². The van der Waals surface area contributed by atoms with Gasteiger partial charge in [0.15, 0.2) is 11.1 Å². The summed E-state index contributed by atoms with van der Waals surface area (Å²) in [5.74, 6) is 0. The molecule has 0 saturated carbocycles. The Hall–Kier alpha value is -2.15. The predicted molar refractivity (Wildman–Crippen MR) is 141 cm³/mol. The van der Waals surface area contributed by atoms with Crippen LogP contribution in [-0.2, 0) is 17.5 Å². The number of anilines is 1. The fourth-order valence-electron chi connectivity index (χ4n) is 4.60. The fraction of sp³-hybridized carbons (Fsp3) is 0.259. The van der Waals surface area contributed by atoms with Gasteiger partial charge in [0.25, 0.3) is 0 Å². The van der Waals surface area contributed by atoms with Gasteiger partial charge in [-0.15, -0.1) is 0 Å². The standard InChI is InChI=1S/C27H26Cl2N2O2S/c28-23-8-4-20(5-9-23)27(21-6-10-24(29)11-7-21)31-17-22(18-31)26(34(32)33)16-19-2-12-25(13-3-19)30-14-1-15-30/h2-13,27H,1,14-18H2,(H,32,33). The molecule has 176 valence electrons. The quantitative estimate of drug-likeness (QED) is 0.375. The Kier molecular flexibility index (Phi) is 7.09. The van der Waals surface area contributed by atoms with E-state index < -0.39 is 11.1 Å². The van der Waals surface area contributed by atoms with Crippen molar-refractivity contribution in [1.29, 1.82) is 0 Å². The molecule has 0 amide bonds. The molecule has 0 aliphatic carbocycles. The second kappa shape index (κ2) is 10.2. The van der Waals surface area contributed by atoms with Gasteiger partial charge in [-0.05, 0) is 65.1 Å². The maximum absolute atomic E-state index is 12.3. The topological polar surface area (TPSA) is 43.8 Å². The van der Waals surface area contributed by atoms with Crippen LogP contribution in [0.2, 0.25) is 10.0 Å². The second-order valence-corrected chi connectivity index (χ2v) is 10.7. The number of hydrogen-bond donors (Lipinski definition) is 1. The number of benzene rings is 3. The van der Waals surface area contributed by atoms with E-state index in [4.69, 9.17) is 23.2 Å². The first-order valence-corrected chi connectivity index (χ1v) is 13.2. The summed E-state index contributed by atoms with van der Waals surface area (Å²) in [6.07, 6.45) is 1.73. The van der Waals surface area contributed by atoms with Gasteiger partial charge in [-0.1, -0.05) is 59.6 Å². The van der Waals surface area contributed by atoms with Crippen LogP contribution in [0.3, 0.4) is 0 Å². The Morgan fingerprint density at radius 1 is 0.853 bits per heavy atom. The molecule has 4 nitrogen and oxygen atoms in total. The minimum atomic E-state index is -2.00. The third-order valence-electron chi connectivity index (χ3n) is 6.65. The Morgan fingerprint density at radius 3 is 1.82 bits per heavy atom. The number of rotatable bonds is 7. The van der Waals surface area contributed by atoms with Gasteiger partial charge in [0.05, 0.1) is 10.9 Å². The van der Waals surface area contributed by atoms with Gasteiger partial charge in [-0.2, -0.15) is 0 Å². The number of hydrogen-bond acceptors (Lipinski definition) is 3. The largest absolute Gasteiger partial charge is 0.371 e. The highest BCUT2D eigenvalue weighted by Crippen LogP contribution is 2.37. The average Bonchev–Trinajstić information content (AvgIpc) is 2.76. The van der Waals surface area contributed by atoms with Crippen LogP contribution in [0.15, 0.2) is 83.3 Å². The highest BCUT2D eigenvalue weighted by atomic mass is 35.5. The lowest BCUT2D eigenvalue weighted by molar-refractivity contribution is 0.200. The lowest BCUT2D eigenvalue weighted by Crippen LogP contribution is -2.44. The molecule has 2 saturated heterocycles. The van der Waals surface area contributed by atoms with E-state index in [1.165, 1.54) is 12.1 Å². The molecule has 3 aromatic rings. The Labute approximate surface area is 213 Å². The van der Waals surface area contributed by atoms with Crippen LogP contribution >= 0.6 is 23.2 Å². The van der Waals surface area contributed by atoms with Gasteiger partial charge in [-0.3, -0.25) is 4.90 Å². The summed E-state index contributed by atoms with van der Waals surface area (Å²) < 4.78 is 22.3. The van der Waals surface area contributed by atoms with Crippen molar-refractivity contribution in [1.82, 2.24) is 4.90 Å². The summed E-state index contributed by atoms with van der Waals surface area (Å²) in [5.41, 5.74) is 5.55. The van der Waals surface area contributed by atoms with E-state index in [1.54, 1.807) is 0 Å². The molecule has 2 heterocycles. The molecule has 0 spiro atoms. The van der Waals surface area contributed by atoms with Gasteiger partial charge < -0.3 is 9.45 Å². The molecule has 0 aromatic heterocycles. The molecule has 5 rings (SSSR count). The first kappa shape index (κ1) is 23.6. The maximum Gasteiger partial charge on any atom is 0.182 e. The number of allylic oxidation sites excluding steroid dienone is 1. The maximum atomic E-state index is 12.3. The minimum absolute atomic E-state index is 0.0162. The van der Waals surface area contributed by atoms with Crippen LogP contribution in [0.5, 0.6) is 0 Å². The first-order chi connectivity index (χ1) is 16.5. The first-order valence-electron chi connectivity index (χ1n) is 11.4. The number of halogens is 2. The van der Waals surface area contributed by atoms with Crippen molar-refractivity contribution in [2.75, 3.05) is 31.1 Å². The van der Waals surface area contributed by atoms with Gasteiger partial charge in [0, 0.05) is 48.3 Å². The normalized spacial score (nSPS) is 16.8. The van der Waals surface area contributed by atoms with E-state index in [0.29, 0.717) is 34.5 Å². The van der Waals surface area contributed by atoms with Crippen molar-refractivity contribution < 1.29 is 8.76 Å². The zero-order valence-electron chi connectivity index (χ0n) is 18.7. The average molecular weight is 513 g/mol. The Morgan fingerprint density at radius 2 is 1.38 bits per heavy atom. The molecule has 3 aromatic carbocycles. The van der Waals surface area contributed by atoms with Crippen molar-refractivity contribution in [2.24, 2.45) is 0 Å². The summed E-state index contributed by atoms with van der Waals surface area (Å²) in [4.78, 5) is 5.26. The third kappa shape index (κ3) is 5.09. The zero-order valence-corrected chi connectivity index (χ0v) is 21.0. The minimum Gasteiger partial charge on any atom is -0.371 e. The Balaban J connectivity index is 1.36. The van der Waals surface area contributed by atoms with Crippen LogP contribution in [0.4, 0.5) is 5.69 Å². The number of likely N-dealkylation sites (tertiary alicyclic amines) is 1. The summed E-state index contributed by atoms with van der Waals surface area (Å²) in [6.45, 7) is 3.49. The number of nitrogens with zero attached hydrogens (tertiary/aromatic N) is 2. The predicted octanol–water partition coefficient (Wildman–Crippen LogP) is 6.33. The van der Waals surface area contributed by atoms with E-state index in [9.17, 15) is 8.76 Å². The van der Waals surface area contributed by atoms with E-state index in [1.807, 2.05) is 48.5 Å². The third-order valence-corrected chi connectivity index (χ3v) is 8.01. The Bertz CT molecular complexity index is 1150. The van der Waals surface area contributed by atoms with Crippen molar-refractivity contribution in [2.45, 2.75) is 18.9 Å². The van der Waals surface area contributed by atoms with Crippen LogP contribution in [0, 0.1) is 0 Å². The second-order valence-electron chi connectivity index (χ2n) is 8.87. The van der Waals surface area contributed by atoms with Gasteiger partial charge in [0.2, 0.25) is 0 Å². The molecule has 2 aliphatic rings. The molecule has 1 unspecified atom stereocenters. The molecular weight excluding hydrogens is 487 g/mol. The van der Waals surface area contributed by atoms with Crippen molar-refractivity contribution >= 4 is 40.0 Å². The van der Waals surface area contributed by atoms with E-state index >= 15 is 0 Å². The lowest BCUT2D eigenvalue weighted by Gasteiger charge is -2.42. The van der Waals surface area contributed by atoms with Gasteiger partial charge >= 0.3 is 0 Å². The van der Waals surface area contributed by atoms with E-state index in [2.05, 4.69) is 34.1 Å². The molecule has 0 radical (unpaired) electrons. The smallest absolute Gasteiger partial charge is 0.182 e. The van der Waals surface area contributed by atoms with Gasteiger partial charge in [-0.25, -0.2) is 4.21 Å². The molecule has 7 heteroatoms. The van der Waals surface area contributed by atoms with Crippen molar-refractivity contribution in [3.8, 4) is 0 Å². The summed E-state index contributed by atoms with van der Waals surface area (Å²) >= 11 is 10.2. The van der Waals surface area contributed by atoms with E-state index in [-0.39, 0.29) is 6.04 Å². The summed E-state index contributed by atoms with van der Waals surface area (Å²) in [5, 5.41) is 1.39. The van der Waals surface area contributed by atoms with Crippen LogP contribution in [0.1, 0.15) is 29.2 Å². The molecular formula is C27H26Cl2N2O2S. The zero-order chi connectivity index (χ0) is 23.7. The van der Waals surface area contributed by atoms with Crippen molar-refractivity contribution in [3.63, 3.8) is 0 Å². The van der Waals surface area contributed by atoms with Crippen LogP contribution in [-0.4, -0.2) is 39.8 Å². The lowest BCUT2D eigenvalue weighted by atomic mass is 9.92. The highest BCUT2D eigenvalue weighted by Gasteiger charge is 2.33. The molecule has 34 heavy (non-hydrogen) atoms. The van der Waals surface area contributed by atoms with E-state index in [0.717, 1.165) is 35.4 Å². The summed E-state index contributed by atoms with van der Waals surface area (Å²) in [7, 11) is 0. The van der Waals surface area contributed by atoms with Crippen LogP contribution < -0.4 is 4.90 Å². The highest BCUT2D eigenvalue weighted by molar-refractivity contribution is 7.83. The van der Waals surface area contributed by atoms with Crippen molar-refractivity contribution in [3.05, 3.63) is 110 Å². The molecule has 1 atom stereocenters. The van der Waals surface area contributed by atoms with Gasteiger partial charge in [0.1, 0.15) is 0 Å². The monoisotopic (exact) mass is 512 g/mol.